The average molecular weight is 358 g/mol. The molecule has 134 valence electrons. The summed E-state index contributed by atoms with van der Waals surface area (Å²) in [7, 11) is 1.66. The molecule has 0 aliphatic carbocycles. The molecule has 0 unspecified atom stereocenters. The molecule has 0 bridgehead atoms. The van der Waals surface area contributed by atoms with Gasteiger partial charge < -0.3 is 20.1 Å². The quantitative estimate of drug-likeness (QED) is 0.511. The number of hydrogen-bond acceptors (Lipinski definition) is 5. The Balaban J connectivity index is 2.63. The van der Waals surface area contributed by atoms with Gasteiger partial charge in [0.05, 0.1) is 0 Å². The van der Waals surface area contributed by atoms with Crippen molar-refractivity contribution in [3.05, 3.63) is 28.5 Å². The molecule has 1 aromatic heterocycles. The summed E-state index contributed by atoms with van der Waals surface area (Å²) in [6.07, 6.45) is 1.11. The first-order chi connectivity index (χ1) is 11.4. The maximum atomic E-state index is 12.4. The number of carbonyl (C=O) groups is 2. The molecule has 0 aliphatic rings. The molecule has 1 heterocycles. The second-order valence-corrected chi connectivity index (χ2v) is 5.52. The fraction of sp³-hybridized carbons (Fsp3) is 0.562. The molecular weight excluding hydrogens is 334 g/mol. The van der Waals surface area contributed by atoms with Crippen LogP contribution in [0.25, 0.3) is 0 Å². The van der Waals surface area contributed by atoms with Crippen molar-refractivity contribution in [1.29, 1.82) is 0 Å². The third-order valence-electron chi connectivity index (χ3n) is 3.28. The van der Waals surface area contributed by atoms with E-state index in [4.69, 9.17) is 26.8 Å². The van der Waals surface area contributed by atoms with Crippen LogP contribution in [0.5, 0.6) is 0 Å². The number of carbonyl (C=O) groups excluding carboxylic acids is 2. The zero-order valence-corrected chi connectivity index (χ0v) is 15.0. The summed E-state index contributed by atoms with van der Waals surface area (Å²) in [6, 6.07) is 2.67. The van der Waals surface area contributed by atoms with E-state index in [0.717, 1.165) is 0 Å². The molecule has 0 saturated heterocycles. The van der Waals surface area contributed by atoms with E-state index in [-0.39, 0.29) is 28.6 Å². The lowest BCUT2D eigenvalue weighted by Crippen LogP contribution is -2.30. The van der Waals surface area contributed by atoms with Crippen molar-refractivity contribution in [3.63, 3.8) is 0 Å². The van der Waals surface area contributed by atoms with E-state index in [1.807, 2.05) is 13.8 Å². The Labute approximate surface area is 147 Å². The largest absolute Gasteiger partial charge is 0.366 e. The van der Waals surface area contributed by atoms with Crippen molar-refractivity contribution >= 4 is 23.4 Å². The van der Waals surface area contributed by atoms with Crippen molar-refractivity contribution in [2.75, 3.05) is 26.8 Å². The normalized spacial score (nSPS) is 10.9. The van der Waals surface area contributed by atoms with Crippen molar-refractivity contribution in [2.45, 2.75) is 33.0 Å². The molecule has 0 aliphatic heterocycles. The van der Waals surface area contributed by atoms with Gasteiger partial charge in [0.2, 0.25) is 5.91 Å². The van der Waals surface area contributed by atoms with Gasteiger partial charge in [-0.3, -0.25) is 9.59 Å². The minimum Gasteiger partial charge on any atom is -0.366 e. The number of halogens is 1. The van der Waals surface area contributed by atoms with Gasteiger partial charge in [-0.1, -0.05) is 11.6 Å². The molecule has 0 fully saturated rings. The predicted molar refractivity (Wildman–Crippen MR) is 91.0 cm³/mol. The third kappa shape index (κ3) is 6.43. The van der Waals surface area contributed by atoms with Crippen LogP contribution >= 0.6 is 11.6 Å². The van der Waals surface area contributed by atoms with Gasteiger partial charge in [0.1, 0.15) is 10.8 Å². The highest BCUT2D eigenvalue weighted by atomic mass is 35.5. The minimum atomic E-state index is -0.660. The number of rotatable bonds is 10. The van der Waals surface area contributed by atoms with Gasteiger partial charge in [-0.15, -0.1) is 0 Å². The number of nitrogens with two attached hydrogens (primary N) is 1. The van der Waals surface area contributed by atoms with E-state index >= 15 is 0 Å². The van der Waals surface area contributed by atoms with Crippen molar-refractivity contribution in [1.82, 2.24) is 9.88 Å². The number of nitrogens with zero attached hydrogens (tertiary/aromatic N) is 2. The fourth-order valence-electron chi connectivity index (χ4n) is 2.13. The van der Waals surface area contributed by atoms with Gasteiger partial charge in [-0.05, 0) is 32.4 Å². The first-order valence-electron chi connectivity index (χ1n) is 7.85. The molecule has 0 aromatic carbocycles. The van der Waals surface area contributed by atoms with Crippen LogP contribution in [0.4, 0.5) is 0 Å². The van der Waals surface area contributed by atoms with E-state index < -0.39 is 5.91 Å². The van der Waals surface area contributed by atoms with Gasteiger partial charge in [0.15, 0.2) is 6.29 Å². The third-order valence-corrected chi connectivity index (χ3v) is 3.48. The highest BCUT2D eigenvalue weighted by Gasteiger charge is 2.17. The average Bonchev–Trinajstić information content (AvgIpc) is 2.53. The zero-order chi connectivity index (χ0) is 18.1. The molecule has 0 radical (unpaired) electrons. The second kappa shape index (κ2) is 10.2. The highest BCUT2D eigenvalue weighted by Crippen LogP contribution is 2.13. The summed E-state index contributed by atoms with van der Waals surface area (Å²) in [5.41, 5.74) is 5.46. The van der Waals surface area contributed by atoms with E-state index in [1.165, 1.54) is 17.0 Å². The van der Waals surface area contributed by atoms with Crippen molar-refractivity contribution in [3.8, 4) is 0 Å². The molecule has 0 spiro atoms. The van der Waals surface area contributed by atoms with Crippen LogP contribution < -0.4 is 5.73 Å². The van der Waals surface area contributed by atoms with Crippen molar-refractivity contribution < 1.29 is 19.1 Å². The van der Waals surface area contributed by atoms with E-state index in [2.05, 4.69) is 4.98 Å². The molecule has 2 amide bonds. The summed E-state index contributed by atoms with van der Waals surface area (Å²) in [6.45, 7) is 5.45. The number of primary amides is 1. The summed E-state index contributed by atoms with van der Waals surface area (Å²) >= 11 is 5.84. The van der Waals surface area contributed by atoms with Gasteiger partial charge in [0.25, 0.3) is 5.91 Å². The Bertz CT molecular complexity index is 562. The molecule has 2 N–H and O–H groups in total. The lowest BCUT2D eigenvalue weighted by molar-refractivity contribution is -0.140. The molecular formula is C16H24ClN3O4. The Hall–Kier alpha value is -1.70. The van der Waals surface area contributed by atoms with Crippen LogP contribution in [0, 0.1) is 0 Å². The maximum absolute atomic E-state index is 12.4. The Morgan fingerprint density at radius 2 is 1.92 bits per heavy atom. The topological polar surface area (TPSA) is 94.8 Å². The number of amides is 2. The van der Waals surface area contributed by atoms with E-state index in [9.17, 15) is 9.59 Å². The number of pyridine rings is 1. The van der Waals surface area contributed by atoms with Gasteiger partial charge in [-0.2, -0.15) is 0 Å². The standard InChI is InChI=1S/C16H24ClN3O4/c1-4-23-14(24-5-2)7-6-8-20(3)16(22)12-9-11(15(18)21)10-13(17)19-12/h9-10,14H,4-8H2,1-3H3,(H2,18,21). The van der Waals surface area contributed by atoms with Crippen LogP contribution in [0.15, 0.2) is 12.1 Å². The van der Waals surface area contributed by atoms with Crippen LogP contribution in [0.2, 0.25) is 5.15 Å². The fourth-order valence-corrected chi connectivity index (χ4v) is 2.34. The summed E-state index contributed by atoms with van der Waals surface area (Å²) in [5.74, 6) is -0.989. The monoisotopic (exact) mass is 357 g/mol. The SMILES string of the molecule is CCOC(CCCN(C)C(=O)c1cc(C(N)=O)cc(Cl)n1)OCC. The Morgan fingerprint density at radius 1 is 1.29 bits per heavy atom. The second-order valence-electron chi connectivity index (χ2n) is 5.14. The number of hydrogen-bond donors (Lipinski definition) is 1. The van der Waals surface area contributed by atoms with Crippen LogP contribution in [-0.2, 0) is 9.47 Å². The van der Waals surface area contributed by atoms with E-state index in [0.29, 0.717) is 32.6 Å². The zero-order valence-electron chi connectivity index (χ0n) is 14.3. The Morgan fingerprint density at radius 3 is 2.46 bits per heavy atom. The lowest BCUT2D eigenvalue weighted by Gasteiger charge is -2.20. The minimum absolute atomic E-state index is 0.0517. The van der Waals surface area contributed by atoms with Crippen LogP contribution in [-0.4, -0.2) is 54.8 Å². The number of ether oxygens (including phenoxy) is 2. The predicted octanol–water partition coefficient (Wildman–Crippen LogP) is 2.09. The van der Waals surface area contributed by atoms with Crippen LogP contribution in [0.3, 0.4) is 0 Å². The molecule has 7 nitrogen and oxygen atoms in total. The van der Waals surface area contributed by atoms with Gasteiger partial charge >= 0.3 is 0 Å². The molecule has 24 heavy (non-hydrogen) atoms. The van der Waals surface area contributed by atoms with E-state index in [1.54, 1.807) is 7.05 Å². The van der Waals surface area contributed by atoms with Gasteiger partial charge in [0, 0.05) is 38.8 Å². The molecule has 8 heteroatoms. The van der Waals surface area contributed by atoms with Gasteiger partial charge in [-0.25, -0.2) is 4.98 Å². The molecule has 1 rings (SSSR count). The molecule has 0 atom stereocenters. The Kier molecular flexibility index (Phi) is 8.67. The highest BCUT2D eigenvalue weighted by molar-refractivity contribution is 6.30. The summed E-state index contributed by atoms with van der Waals surface area (Å²) < 4.78 is 10.9. The smallest absolute Gasteiger partial charge is 0.272 e. The first kappa shape index (κ1) is 20.3. The number of aromatic nitrogens is 1. The summed E-state index contributed by atoms with van der Waals surface area (Å²) in [4.78, 5) is 29.1. The van der Waals surface area contributed by atoms with Crippen LogP contribution in [0.1, 0.15) is 47.5 Å². The van der Waals surface area contributed by atoms with Crippen molar-refractivity contribution in [2.24, 2.45) is 5.73 Å². The lowest BCUT2D eigenvalue weighted by atomic mass is 10.2. The maximum Gasteiger partial charge on any atom is 0.272 e. The molecule has 1 aromatic rings. The summed E-state index contributed by atoms with van der Waals surface area (Å²) in [5, 5.41) is 0.0517. The molecule has 0 saturated carbocycles. The first-order valence-corrected chi connectivity index (χ1v) is 8.22.